The molecule has 100 valence electrons. The fourth-order valence-corrected chi connectivity index (χ4v) is 1.93. The first kappa shape index (κ1) is 14.7. The largest absolute Gasteiger partial charge is 0.345 e. The lowest BCUT2D eigenvalue weighted by Gasteiger charge is -2.19. The summed E-state index contributed by atoms with van der Waals surface area (Å²) < 4.78 is 0. The van der Waals surface area contributed by atoms with Crippen LogP contribution < -0.4 is 5.32 Å². The molecule has 1 unspecified atom stereocenters. The Hall–Kier alpha value is -1.35. The van der Waals surface area contributed by atoms with E-state index in [1.165, 1.54) is 16.7 Å². The zero-order valence-corrected chi connectivity index (χ0v) is 12.1. The molecule has 0 spiro atoms. The molecule has 0 aliphatic carbocycles. The number of benzene rings is 1. The lowest BCUT2D eigenvalue weighted by atomic mass is 10.0. The minimum Gasteiger partial charge on any atom is -0.345 e. The number of aryl methyl sites for hydroxylation is 2. The Labute approximate surface area is 110 Å². The molecule has 0 saturated heterocycles. The molecule has 1 atom stereocenters. The summed E-state index contributed by atoms with van der Waals surface area (Å²) in [6.45, 7) is 9.40. The monoisotopic (exact) mass is 248 g/mol. The number of carbonyl (C=O) groups excluding carboxylic acids is 1. The highest BCUT2D eigenvalue weighted by molar-refractivity contribution is 5.77. The summed E-state index contributed by atoms with van der Waals surface area (Å²) in [5, 5.41) is 3.28. The maximum absolute atomic E-state index is 11.7. The second-order valence-electron chi connectivity index (χ2n) is 4.93. The molecule has 3 heteroatoms. The van der Waals surface area contributed by atoms with Crippen molar-refractivity contribution >= 4 is 5.91 Å². The van der Waals surface area contributed by atoms with Gasteiger partial charge in [-0.05, 0) is 33.3 Å². The van der Waals surface area contributed by atoms with Crippen LogP contribution in [0.4, 0.5) is 0 Å². The molecule has 0 aliphatic heterocycles. The summed E-state index contributed by atoms with van der Waals surface area (Å²) in [4.78, 5) is 13.4. The maximum atomic E-state index is 11.7. The molecule has 1 aromatic carbocycles. The van der Waals surface area contributed by atoms with Crippen molar-refractivity contribution in [3.8, 4) is 0 Å². The molecule has 0 aliphatic rings. The SMILES string of the molecule is CCN(C)C(=O)CNC(C)c1cc(C)cc(C)c1. The van der Waals surface area contributed by atoms with Gasteiger partial charge in [-0.25, -0.2) is 0 Å². The van der Waals surface area contributed by atoms with Crippen LogP contribution in [0.1, 0.15) is 36.6 Å². The molecular weight excluding hydrogens is 224 g/mol. The average molecular weight is 248 g/mol. The molecule has 0 fully saturated rings. The molecule has 1 rings (SSSR count). The van der Waals surface area contributed by atoms with E-state index in [4.69, 9.17) is 0 Å². The van der Waals surface area contributed by atoms with Gasteiger partial charge in [-0.2, -0.15) is 0 Å². The fourth-order valence-electron chi connectivity index (χ4n) is 1.93. The lowest BCUT2D eigenvalue weighted by Crippen LogP contribution is -2.36. The van der Waals surface area contributed by atoms with Gasteiger partial charge in [-0.1, -0.05) is 29.3 Å². The van der Waals surface area contributed by atoms with Gasteiger partial charge in [-0.15, -0.1) is 0 Å². The molecule has 3 nitrogen and oxygen atoms in total. The lowest BCUT2D eigenvalue weighted by molar-refractivity contribution is -0.128. The number of hydrogen-bond donors (Lipinski definition) is 1. The number of amides is 1. The standard InChI is InChI=1S/C15H24N2O/c1-6-17(5)15(18)10-16-13(4)14-8-11(2)7-12(3)9-14/h7-9,13,16H,6,10H2,1-5H3. The van der Waals surface area contributed by atoms with Gasteiger partial charge < -0.3 is 10.2 Å². The van der Waals surface area contributed by atoms with Crippen molar-refractivity contribution < 1.29 is 4.79 Å². The summed E-state index contributed by atoms with van der Waals surface area (Å²) in [5.74, 6) is 0.133. The van der Waals surface area contributed by atoms with Gasteiger partial charge in [0.1, 0.15) is 0 Å². The van der Waals surface area contributed by atoms with Crippen molar-refractivity contribution in [2.75, 3.05) is 20.1 Å². The Morgan fingerprint density at radius 2 is 1.83 bits per heavy atom. The van der Waals surface area contributed by atoms with Crippen LogP contribution in [0.5, 0.6) is 0 Å². The average Bonchev–Trinajstić information content (AvgIpc) is 2.33. The molecule has 0 radical (unpaired) electrons. The van der Waals surface area contributed by atoms with Gasteiger partial charge in [0, 0.05) is 19.6 Å². The van der Waals surface area contributed by atoms with E-state index < -0.39 is 0 Å². The van der Waals surface area contributed by atoms with Crippen LogP contribution in [0.2, 0.25) is 0 Å². The second kappa shape index (κ2) is 6.55. The Morgan fingerprint density at radius 3 is 2.33 bits per heavy atom. The summed E-state index contributed by atoms with van der Waals surface area (Å²) in [6.07, 6.45) is 0. The van der Waals surface area contributed by atoms with E-state index in [0.29, 0.717) is 6.54 Å². The quantitative estimate of drug-likeness (QED) is 0.868. The van der Waals surface area contributed by atoms with Crippen molar-refractivity contribution in [2.45, 2.75) is 33.7 Å². The van der Waals surface area contributed by atoms with E-state index in [-0.39, 0.29) is 11.9 Å². The summed E-state index contributed by atoms with van der Waals surface area (Å²) in [7, 11) is 1.82. The Balaban J connectivity index is 2.60. The highest BCUT2D eigenvalue weighted by Gasteiger charge is 2.10. The Kier molecular flexibility index (Phi) is 5.35. The van der Waals surface area contributed by atoms with E-state index in [9.17, 15) is 4.79 Å². The van der Waals surface area contributed by atoms with Crippen LogP contribution in [0.25, 0.3) is 0 Å². The minimum atomic E-state index is 0.133. The zero-order valence-electron chi connectivity index (χ0n) is 12.1. The van der Waals surface area contributed by atoms with E-state index >= 15 is 0 Å². The van der Waals surface area contributed by atoms with Gasteiger partial charge in [0.2, 0.25) is 5.91 Å². The third-order valence-electron chi connectivity index (χ3n) is 3.20. The number of nitrogens with zero attached hydrogens (tertiary/aromatic N) is 1. The van der Waals surface area contributed by atoms with E-state index in [1.54, 1.807) is 4.90 Å². The van der Waals surface area contributed by atoms with Crippen LogP contribution >= 0.6 is 0 Å². The predicted octanol–water partition coefficient (Wildman–Crippen LogP) is 2.43. The fraction of sp³-hybridized carbons (Fsp3) is 0.533. The van der Waals surface area contributed by atoms with Crippen molar-refractivity contribution in [3.63, 3.8) is 0 Å². The molecule has 1 amide bonds. The summed E-state index contributed by atoms with van der Waals surface area (Å²) >= 11 is 0. The van der Waals surface area contributed by atoms with Gasteiger partial charge >= 0.3 is 0 Å². The third-order valence-corrected chi connectivity index (χ3v) is 3.20. The normalized spacial score (nSPS) is 12.3. The molecule has 18 heavy (non-hydrogen) atoms. The Bertz CT molecular complexity index is 395. The highest BCUT2D eigenvalue weighted by atomic mass is 16.2. The van der Waals surface area contributed by atoms with E-state index in [2.05, 4.69) is 44.3 Å². The maximum Gasteiger partial charge on any atom is 0.236 e. The second-order valence-corrected chi connectivity index (χ2v) is 4.93. The number of likely N-dealkylation sites (N-methyl/N-ethyl adjacent to an activating group) is 1. The first-order valence-corrected chi connectivity index (χ1v) is 6.49. The molecule has 0 aromatic heterocycles. The highest BCUT2D eigenvalue weighted by Crippen LogP contribution is 2.16. The first-order valence-electron chi connectivity index (χ1n) is 6.49. The van der Waals surface area contributed by atoms with Gasteiger partial charge in [0.05, 0.1) is 6.54 Å². The van der Waals surface area contributed by atoms with Gasteiger partial charge in [0.15, 0.2) is 0 Å². The summed E-state index contributed by atoms with van der Waals surface area (Å²) in [5.41, 5.74) is 3.76. The van der Waals surface area contributed by atoms with Crippen molar-refractivity contribution in [1.29, 1.82) is 0 Å². The number of carbonyl (C=O) groups is 1. The number of hydrogen-bond acceptors (Lipinski definition) is 2. The number of nitrogens with one attached hydrogen (secondary N) is 1. The van der Waals surface area contributed by atoms with Gasteiger partial charge in [0.25, 0.3) is 0 Å². The van der Waals surface area contributed by atoms with Crippen LogP contribution in [-0.4, -0.2) is 30.9 Å². The van der Waals surface area contributed by atoms with E-state index in [1.807, 2.05) is 14.0 Å². The van der Waals surface area contributed by atoms with Gasteiger partial charge in [-0.3, -0.25) is 4.79 Å². The molecule has 0 heterocycles. The number of rotatable bonds is 5. The predicted molar refractivity (Wildman–Crippen MR) is 75.6 cm³/mol. The molecule has 1 aromatic rings. The molecule has 1 N–H and O–H groups in total. The first-order chi connectivity index (χ1) is 8.43. The van der Waals surface area contributed by atoms with Crippen molar-refractivity contribution in [2.24, 2.45) is 0 Å². The van der Waals surface area contributed by atoms with Crippen LogP contribution in [0, 0.1) is 13.8 Å². The molecular formula is C15H24N2O. The smallest absolute Gasteiger partial charge is 0.236 e. The zero-order chi connectivity index (χ0) is 13.7. The van der Waals surface area contributed by atoms with Crippen LogP contribution in [-0.2, 0) is 4.79 Å². The molecule has 0 saturated carbocycles. The third kappa shape index (κ3) is 4.15. The topological polar surface area (TPSA) is 32.3 Å². The minimum absolute atomic E-state index is 0.133. The van der Waals surface area contributed by atoms with Crippen molar-refractivity contribution in [1.82, 2.24) is 10.2 Å². The molecule has 0 bridgehead atoms. The Morgan fingerprint density at radius 1 is 1.28 bits per heavy atom. The van der Waals surface area contributed by atoms with Crippen LogP contribution in [0.3, 0.4) is 0 Å². The van der Waals surface area contributed by atoms with Crippen LogP contribution in [0.15, 0.2) is 18.2 Å². The van der Waals surface area contributed by atoms with Crippen molar-refractivity contribution in [3.05, 3.63) is 34.9 Å². The summed E-state index contributed by atoms with van der Waals surface area (Å²) in [6, 6.07) is 6.68. The van der Waals surface area contributed by atoms with E-state index in [0.717, 1.165) is 6.54 Å².